The van der Waals surface area contributed by atoms with Crippen molar-refractivity contribution in [1.82, 2.24) is 30.6 Å². The van der Waals surface area contributed by atoms with E-state index in [0.29, 0.717) is 17.3 Å². The summed E-state index contributed by atoms with van der Waals surface area (Å²) >= 11 is 7.81. The number of tetrazole rings is 1. The third-order valence-electron chi connectivity index (χ3n) is 6.27. The van der Waals surface area contributed by atoms with Crippen LogP contribution in [0.5, 0.6) is 0 Å². The fourth-order valence-corrected chi connectivity index (χ4v) is 5.80. The van der Waals surface area contributed by atoms with Gasteiger partial charge < -0.3 is 5.11 Å². The number of nitrogens with zero attached hydrogens (tertiary/aromatic N) is 5. The zero-order chi connectivity index (χ0) is 25.4. The van der Waals surface area contributed by atoms with Crippen LogP contribution >= 0.6 is 22.9 Å². The molecule has 37 heavy (non-hydrogen) atoms. The molecule has 0 unspecified atom stereocenters. The van der Waals surface area contributed by atoms with E-state index in [1.54, 1.807) is 17.5 Å². The molecular weight excluding hydrogens is 504 g/mol. The molecule has 3 aromatic heterocycles. The monoisotopic (exact) mass is 524 g/mol. The zero-order valence-corrected chi connectivity index (χ0v) is 21.4. The van der Waals surface area contributed by atoms with Gasteiger partial charge >= 0.3 is 0 Å². The van der Waals surface area contributed by atoms with Gasteiger partial charge in [0.2, 0.25) is 5.82 Å². The molecule has 0 amide bonds. The molecule has 0 saturated heterocycles. The van der Waals surface area contributed by atoms with Crippen LogP contribution in [0.25, 0.3) is 54.6 Å². The lowest BCUT2D eigenvalue weighted by molar-refractivity contribution is 0.299. The predicted molar refractivity (Wildman–Crippen MR) is 147 cm³/mol. The van der Waals surface area contributed by atoms with Gasteiger partial charge in [-0.15, -0.1) is 21.5 Å². The summed E-state index contributed by atoms with van der Waals surface area (Å²) in [6, 6.07) is 21.9. The number of pyridine rings is 1. The summed E-state index contributed by atoms with van der Waals surface area (Å²) in [6.45, 7) is 2.15. The van der Waals surface area contributed by atoms with E-state index >= 15 is 0 Å². The summed E-state index contributed by atoms with van der Waals surface area (Å²) in [5.41, 5.74) is 8.96. The fraction of sp³-hybridized carbons (Fsp3) is 0.107. The number of fused-ring (bicyclic) bond motifs is 1. The molecule has 0 aliphatic heterocycles. The number of aliphatic hydroxyl groups excluding tert-OH is 1. The summed E-state index contributed by atoms with van der Waals surface area (Å²) in [4.78, 5) is 9.62. The normalized spacial score (nSPS) is 11.3. The number of aliphatic hydroxyl groups is 1. The van der Waals surface area contributed by atoms with Gasteiger partial charge in [0.25, 0.3) is 0 Å². The highest BCUT2D eigenvalue weighted by Gasteiger charge is 2.18. The average molecular weight is 525 g/mol. The molecule has 0 bridgehead atoms. The number of rotatable bonds is 6. The van der Waals surface area contributed by atoms with Crippen LogP contribution in [0.2, 0.25) is 5.02 Å². The molecule has 6 aromatic rings. The van der Waals surface area contributed by atoms with Gasteiger partial charge in [0.15, 0.2) is 0 Å². The van der Waals surface area contributed by atoms with E-state index in [0.717, 1.165) is 59.9 Å². The Morgan fingerprint density at radius 1 is 0.946 bits per heavy atom. The molecule has 6 rings (SSSR count). The molecular formula is C28H21ClN6OS. The predicted octanol–water partition coefficient (Wildman–Crippen LogP) is 6.37. The van der Waals surface area contributed by atoms with Crippen molar-refractivity contribution in [2.75, 3.05) is 6.61 Å². The smallest absolute Gasteiger partial charge is 0.204 e. The Morgan fingerprint density at radius 2 is 1.78 bits per heavy atom. The van der Waals surface area contributed by atoms with Crippen molar-refractivity contribution >= 4 is 33.2 Å². The summed E-state index contributed by atoms with van der Waals surface area (Å²) < 4.78 is 1.09. The van der Waals surface area contributed by atoms with Gasteiger partial charge in [-0.25, -0.2) is 4.98 Å². The Kier molecular flexibility index (Phi) is 6.21. The molecule has 0 spiro atoms. The highest BCUT2D eigenvalue weighted by molar-refractivity contribution is 7.22. The van der Waals surface area contributed by atoms with E-state index in [1.807, 2.05) is 54.6 Å². The number of benzene rings is 3. The van der Waals surface area contributed by atoms with E-state index < -0.39 is 0 Å². The maximum absolute atomic E-state index is 9.78. The van der Waals surface area contributed by atoms with Crippen LogP contribution in [0.3, 0.4) is 0 Å². The Morgan fingerprint density at radius 3 is 2.57 bits per heavy atom. The molecule has 9 heteroatoms. The van der Waals surface area contributed by atoms with Gasteiger partial charge in [-0.05, 0) is 71.6 Å². The Hall–Kier alpha value is -3.98. The van der Waals surface area contributed by atoms with Crippen LogP contribution in [-0.2, 0) is 6.42 Å². The standard InChI is InChI=1S/C28H21ClN6OS/c1-16-13-24-26(25(22(16)10-12-36)17-5-7-21(29)8-6-17)37-28(31-24)20-9-11-30-23(15-20)18-3-2-4-19(14-18)27-32-34-35-33-27/h2-9,11,13-15,36H,10,12H2,1H3,(H,32,33,34,35). The summed E-state index contributed by atoms with van der Waals surface area (Å²) in [7, 11) is 0. The summed E-state index contributed by atoms with van der Waals surface area (Å²) in [5.74, 6) is 0.535. The molecule has 3 heterocycles. The van der Waals surface area contributed by atoms with Gasteiger partial charge in [-0.2, -0.15) is 5.21 Å². The first-order valence-electron chi connectivity index (χ1n) is 11.7. The zero-order valence-electron chi connectivity index (χ0n) is 19.8. The van der Waals surface area contributed by atoms with Gasteiger partial charge in [-0.3, -0.25) is 4.98 Å². The van der Waals surface area contributed by atoms with Crippen LogP contribution in [-0.4, -0.2) is 42.3 Å². The lowest BCUT2D eigenvalue weighted by Gasteiger charge is -2.13. The number of aromatic nitrogens is 6. The average Bonchev–Trinajstić information content (AvgIpc) is 3.61. The molecule has 0 atom stereocenters. The lowest BCUT2D eigenvalue weighted by atomic mass is 9.93. The van der Waals surface area contributed by atoms with E-state index in [4.69, 9.17) is 16.6 Å². The highest BCUT2D eigenvalue weighted by atomic mass is 35.5. The SMILES string of the molecule is Cc1cc2nc(-c3ccnc(-c4cccc(-c5nn[nH]n5)c4)c3)sc2c(-c2ccc(Cl)cc2)c1CCO. The molecule has 0 aliphatic carbocycles. The third kappa shape index (κ3) is 4.51. The van der Waals surface area contributed by atoms with Crippen molar-refractivity contribution in [3.63, 3.8) is 0 Å². The molecule has 182 valence electrons. The number of hydrogen-bond acceptors (Lipinski definition) is 7. The minimum absolute atomic E-state index is 0.0786. The second-order valence-electron chi connectivity index (χ2n) is 8.64. The van der Waals surface area contributed by atoms with Gasteiger partial charge in [0.1, 0.15) is 5.01 Å². The van der Waals surface area contributed by atoms with E-state index in [1.165, 1.54) is 0 Å². The van der Waals surface area contributed by atoms with Gasteiger partial charge in [0, 0.05) is 40.1 Å². The van der Waals surface area contributed by atoms with E-state index in [2.05, 4.69) is 44.7 Å². The van der Waals surface area contributed by atoms with Crippen molar-refractivity contribution in [1.29, 1.82) is 0 Å². The Bertz CT molecular complexity index is 1710. The summed E-state index contributed by atoms with van der Waals surface area (Å²) in [5, 5.41) is 25.7. The van der Waals surface area contributed by atoms with Crippen molar-refractivity contribution < 1.29 is 5.11 Å². The van der Waals surface area contributed by atoms with Gasteiger partial charge in [0.05, 0.1) is 15.9 Å². The number of halogens is 1. The third-order valence-corrected chi connectivity index (χ3v) is 7.66. The first kappa shape index (κ1) is 23.4. The molecule has 2 N–H and O–H groups in total. The van der Waals surface area contributed by atoms with Crippen LogP contribution in [0.4, 0.5) is 0 Å². The minimum atomic E-state index is 0.0786. The molecule has 3 aromatic carbocycles. The highest BCUT2D eigenvalue weighted by Crippen LogP contribution is 2.41. The van der Waals surface area contributed by atoms with E-state index in [-0.39, 0.29) is 6.61 Å². The minimum Gasteiger partial charge on any atom is -0.396 e. The van der Waals surface area contributed by atoms with Crippen LogP contribution in [0, 0.1) is 6.92 Å². The molecule has 0 radical (unpaired) electrons. The van der Waals surface area contributed by atoms with Crippen LogP contribution in [0.15, 0.2) is 72.9 Å². The number of nitrogens with one attached hydrogen (secondary N) is 1. The summed E-state index contributed by atoms with van der Waals surface area (Å²) in [6.07, 6.45) is 2.38. The first-order valence-corrected chi connectivity index (χ1v) is 12.9. The lowest BCUT2D eigenvalue weighted by Crippen LogP contribution is -1.98. The van der Waals surface area contributed by atoms with Crippen LogP contribution < -0.4 is 0 Å². The molecule has 0 fully saturated rings. The second kappa shape index (κ2) is 9.82. The Balaban J connectivity index is 1.47. The van der Waals surface area contributed by atoms with Crippen molar-refractivity contribution in [3.05, 3.63) is 89.1 Å². The number of thiazole rings is 1. The molecule has 0 saturated carbocycles. The number of H-pyrrole nitrogens is 1. The fourth-order valence-electron chi connectivity index (χ4n) is 4.54. The van der Waals surface area contributed by atoms with E-state index in [9.17, 15) is 5.11 Å². The maximum Gasteiger partial charge on any atom is 0.204 e. The number of aromatic amines is 1. The maximum atomic E-state index is 9.78. The van der Waals surface area contributed by atoms with Crippen molar-refractivity contribution in [2.24, 2.45) is 0 Å². The Labute approximate surface area is 221 Å². The largest absolute Gasteiger partial charge is 0.396 e. The van der Waals surface area contributed by atoms with Gasteiger partial charge in [-0.1, -0.05) is 41.9 Å². The topological polar surface area (TPSA) is 100 Å². The van der Waals surface area contributed by atoms with Crippen molar-refractivity contribution in [2.45, 2.75) is 13.3 Å². The molecule has 7 nitrogen and oxygen atoms in total. The second-order valence-corrected chi connectivity index (χ2v) is 10.1. The number of hydrogen-bond donors (Lipinski definition) is 2. The first-order chi connectivity index (χ1) is 18.1. The number of aryl methyl sites for hydroxylation is 1. The quantitative estimate of drug-likeness (QED) is 0.262. The van der Waals surface area contributed by atoms with Crippen LogP contribution in [0.1, 0.15) is 11.1 Å². The van der Waals surface area contributed by atoms with Crippen molar-refractivity contribution in [3.8, 4) is 44.3 Å². The molecule has 0 aliphatic rings.